The zero-order valence-corrected chi connectivity index (χ0v) is 31.3. The molecule has 354 valence electrons. The average molecular weight is 989 g/mol. The monoisotopic (exact) mass is 989 g/mol. The van der Waals surface area contributed by atoms with Crippen molar-refractivity contribution in [2.45, 2.75) is 12.9 Å². The molecule has 6 aromatic rings. The van der Waals surface area contributed by atoms with E-state index in [1.54, 1.807) is 30.3 Å². The van der Waals surface area contributed by atoms with Crippen LogP contribution in [0, 0.1) is 116 Å². The number of hydrogen-bond donors (Lipinski definition) is 0. The van der Waals surface area contributed by atoms with E-state index in [1.807, 2.05) is 0 Å². The highest BCUT2D eigenvalue weighted by atomic mass is 19.4. The number of ketones is 1. The van der Waals surface area contributed by atoms with Crippen LogP contribution in [0.3, 0.4) is 0 Å². The Morgan fingerprint density at radius 2 is 0.672 bits per heavy atom. The molecule has 0 atom stereocenters. The predicted molar refractivity (Wildman–Crippen MR) is 178 cm³/mol. The lowest BCUT2D eigenvalue weighted by molar-refractivity contribution is -0.686. The molecule has 0 fully saturated rings. The van der Waals surface area contributed by atoms with E-state index in [2.05, 4.69) is 4.74 Å². The SMILES string of the molecule is Fc1c(F)c(F)c([B-](c2c(F)c(F)c(F)c(F)c2F)(c2c(F)c(F)c(F)c(F)c2F)c2c(F)c(F)c(F)c(F)c2F)c(F)c1F.O=C(C[n+]1ccccc1C(=O)OC(F)(F)F)c1ccccc1. The topological polar surface area (TPSA) is 47.2 Å². The molecule has 0 aliphatic heterocycles. The summed E-state index contributed by atoms with van der Waals surface area (Å²) in [5, 5.41) is 0. The van der Waals surface area contributed by atoms with Gasteiger partial charge in [0.2, 0.25) is 12.3 Å². The highest BCUT2D eigenvalue weighted by Gasteiger charge is 2.52. The van der Waals surface area contributed by atoms with E-state index in [-0.39, 0.29) is 18.0 Å². The number of carbonyl (C=O) groups is 2. The lowest BCUT2D eigenvalue weighted by Gasteiger charge is -2.44. The molecule has 1 aromatic heterocycles. The van der Waals surface area contributed by atoms with Crippen molar-refractivity contribution in [2.24, 2.45) is 0 Å². The molecule has 0 saturated heterocycles. The maximum Gasteiger partial charge on any atom is 0.575 e. The molecule has 0 unspecified atom stereocenters. The number of rotatable bonds is 8. The van der Waals surface area contributed by atoms with Gasteiger partial charge >= 0.3 is 12.3 Å². The van der Waals surface area contributed by atoms with Crippen LogP contribution in [0.4, 0.5) is 101 Å². The number of benzene rings is 5. The fourth-order valence-electron chi connectivity index (χ4n) is 6.70. The van der Waals surface area contributed by atoms with E-state index in [0.717, 1.165) is 10.6 Å². The summed E-state index contributed by atoms with van der Waals surface area (Å²) < 4.78 is 335. The zero-order valence-electron chi connectivity index (χ0n) is 31.3. The van der Waals surface area contributed by atoms with Crippen molar-refractivity contribution in [3.63, 3.8) is 0 Å². The molecule has 6 rings (SSSR count). The van der Waals surface area contributed by atoms with Crippen LogP contribution in [0.25, 0.3) is 0 Å². The number of esters is 1. The molecule has 0 aliphatic rings. The largest absolute Gasteiger partial charge is 0.575 e. The van der Waals surface area contributed by atoms with Gasteiger partial charge in [-0.2, -0.15) is 4.57 Å². The molecule has 28 heteroatoms. The first-order valence-corrected chi connectivity index (χ1v) is 17.2. The molecule has 0 radical (unpaired) electrons. The van der Waals surface area contributed by atoms with Crippen molar-refractivity contribution in [1.29, 1.82) is 0 Å². The Hall–Kier alpha value is -7.16. The van der Waals surface area contributed by atoms with E-state index >= 15 is 35.1 Å². The lowest BCUT2D eigenvalue weighted by Crippen LogP contribution is -2.81. The minimum absolute atomic E-state index is 0.271. The Morgan fingerprint density at radius 3 is 0.955 bits per heavy atom. The Kier molecular flexibility index (Phi) is 14.1. The number of Topliss-reactive ketones (excluding diaryl/α,β-unsaturated/α-hetero) is 1. The summed E-state index contributed by atoms with van der Waals surface area (Å²) in [5.74, 6) is -73.3. The third-order valence-corrected chi connectivity index (χ3v) is 9.48. The van der Waals surface area contributed by atoms with Crippen molar-refractivity contribution < 1.29 is 120 Å². The Labute approximate surface area is 355 Å². The second-order valence-electron chi connectivity index (χ2n) is 13.1. The Bertz CT molecular complexity index is 2620. The molecular formula is C39H11BF23NO3. The molecule has 5 aromatic carbocycles. The molecular weight excluding hydrogens is 978 g/mol. The molecule has 0 spiro atoms. The number of hydrogen-bond acceptors (Lipinski definition) is 3. The van der Waals surface area contributed by atoms with Crippen LogP contribution in [0.15, 0.2) is 54.7 Å². The summed E-state index contributed by atoms with van der Waals surface area (Å²) >= 11 is 0. The van der Waals surface area contributed by atoms with Gasteiger partial charge in [0.05, 0.1) is 0 Å². The molecule has 67 heavy (non-hydrogen) atoms. The third kappa shape index (κ3) is 8.58. The van der Waals surface area contributed by atoms with Crippen LogP contribution in [-0.2, 0) is 11.3 Å². The molecule has 0 bridgehead atoms. The normalized spacial score (nSPS) is 11.7. The lowest BCUT2D eigenvalue weighted by atomic mass is 9.12. The van der Waals surface area contributed by atoms with Crippen molar-refractivity contribution in [3.8, 4) is 0 Å². The number of ether oxygens (including phenoxy) is 1. The quantitative estimate of drug-likeness (QED) is 0.0293. The highest BCUT2D eigenvalue weighted by molar-refractivity contribution is 7.20. The average Bonchev–Trinajstić information content (AvgIpc) is 3.29. The standard InChI is InChI=1S/C24BF20.C15H11F3NO3/c26-5-1(6(27)14(35)21(42)13(5)34)25(2-7(28)15(36)22(43)16(37)8(2)29,3-9(30)17(38)23(44)18(39)10(3)31)4-11(32)19(40)24(45)20(41)12(4)33;16-15(17,18)22-14(21)12-8-4-5-9-19(12)10-13(20)11-6-2-1-3-7-11/h;1-9H,10H2/q-1;+1. The van der Waals surface area contributed by atoms with Gasteiger partial charge in [-0.05, 0) is 6.07 Å². The van der Waals surface area contributed by atoms with Gasteiger partial charge in [-0.1, -0.05) is 30.3 Å². The van der Waals surface area contributed by atoms with Crippen LogP contribution < -0.4 is 26.4 Å². The van der Waals surface area contributed by atoms with Gasteiger partial charge in [-0.25, -0.2) is 92.6 Å². The number of carbonyl (C=O) groups excluding carboxylic acids is 2. The van der Waals surface area contributed by atoms with Crippen LogP contribution >= 0.6 is 0 Å². The van der Waals surface area contributed by atoms with Crippen molar-refractivity contribution in [3.05, 3.63) is 182 Å². The summed E-state index contributed by atoms with van der Waals surface area (Å²) in [7, 11) is 0. The second-order valence-corrected chi connectivity index (χ2v) is 13.1. The fourth-order valence-corrected chi connectivity index (χ4v) is 6.70. The van der Waals surface area contributed by atoms with Gasteiger partial charge in [-0.3, -0.25) is 4.79 Å². The maximum absolute atomic E-state index is 15.4. The fraction of sp³-hybridized carbons (Fsp3) is 0.0513. The number of nitrogens with zero attached hydrogens (tertiary/aromatic N) is 1. The second kappa shape index (κ2) is 18.6. The van der Waals surface area contributed by atoms with Gasteiger partial charge < -0.3 is 4.74 Å². The number of aromatic nitrogens is 1. The summed E-state index contributed by atoms with van der Waals surface area (Å²) in [5.41, 5.74) is -14.3. The van der Waals surface area contributed by atoms with Crippen LogP contribution in [-0.4, -0.2) is 24.3 Å². The van der Waals surface area contributed by atoms with E-state index in [9.17, 15) is 75.4 Å². The van der Waals surface area contributed by atoms with Gasteiger partial charge in [-0.15, -0.1) is 35.0 Å². The summed E-state index contributed by atoms with van der Waals surface area (Å²) in [6.45, 7) is -0.271. The van der Waals surface area contributed by atoms with Crippen LogP contribution in [0.1, 0.15) is 20.8 Å². The summed E-state index contributed by atoms with van der Waals surface area (Å²) in [6.07, 6.45) is -11.0. The first-order chi connectivity index (χ1) is 31.1. The Morgan fingerprint density at radius 1 is 0.403 bits per heavy atom. The Balaban J connectivity index is 0.000000319. The number of alkyl halides is 3. The van der Waals surface area contributed by atoms with E-state index in [0.29, 0.717) is 5.56 Å². The highest BCUT2D eigenvalue weighted by Crippen LogP contribution is 2.31. The molecule has 0 N–H and O–H groups in total. The summed E-state index contributed by atoms with van der Waals surface area (Å²) in [6, 6.07) is 12.3. The van der Waals surface area contributed by atoms with Crippen LogP contribution in [0.2, 0.25) is 0 Å². The summed E-state index contributed by atoms with van der Waals surface area (Å²) in [4.78, 5) is 23.6. The van der Waals surface area contributed by atoms with Gasteiger partial charge in [0.25, 0.3) is 5.69 Å². The molecule has 4 nitrogen and oxygen atoms in total. The molecule has 0 aliphatic carbocycles. The first kappa shape index (κ1) is 50.8. The first-order valence-electron chi connectivity index (χ1n) is 17.2. The van der Waals surface area contributed by atoms with Gasteiger partial charge in [0, 0.05) is 17.7 Å². The van der Waals surface area contributed by atoms with E-state index in [1.165, 1.54) is 18.3 Å². The number of halogens is 23. The molecule has 0 amide bonds. The van der Waals surface area contributed by atoms with E-state index in [4.69, 9.17) is 0 Å². The van der Waals surface area contributed by atoms with Crippen molar-refractivity contribution >= 4 is 39.7 Å². The number of pyridine rings is 1. The molecule has 1 heterocycles. The van der Waals surface area contributed by atoms with Gasteiger partial charge in [0.1, 0.15) is 52.7 Å². The minimum Gasteiger partial charge on any atom is -0.365 e. The van der Waals surface area contributed by atoms with E-state index < -0.39 is 157 Å². The maximum atomic E-state index is 15.4. The minimum atomic E-state index is -7.22. The smallest absolute Gasteiger partial charge is 0.365 e. The third-order valence-electron chi connectivity index (χ3n) is 9.48. The van der Waals surface area contributed by atoms with Gasteiger partial charge in [0.15, 0.2) is 76.0 Å². The van der Waals surface area contributed by atoms with Crippen LogP contribution in [0.5, 0.6) is 0 Å². The predicted octanol–water partition coefficient (Wildman–Crippen LogP) is 8.38. The molecule has 0 saturated carbocycles. The van der Waals surface area contributed by atoms with Crippen molar-refractivity contribution in [1.82, 2.24) is 0 Å². The van der Waals surface area contributed by atoms with Crippen molar-refractivity contribution in [2.75, 3.05) is 0 Å². The zero-order chi connectivity index (χ0) is 50.5.